The summed E-state index contributed by atoms with van der Waals surface area (Å²) in [5.41, 5.74) is -0.727. The second-order valence-corrected chi connectivity index (χ2v) is 8.18. The number of methoxy groups -OCH3 is 1. The van der Waals surface area contributed by atoms with E-state index in [-0.39, 0.29) is 59.6 Å². The Bertz CT molecular complexity index is 489. The number of Topliss-reactive ketones (excluding diaryl/α,β-unsaturated/α-hetero) is 1. The van der Waals surface area contributed by atoms with Crippen LogP contribution in [0.3, 0.4) is 0 Å². The second-order valence-electron chi connectivity index (χ2n) is 8.18. The molecule has 1 aliphatic rings. The van der Waals surface area contributed by atoms with Crippen LogP contribution in [0.15, 0.2) is 12.2 Å². The van der Waals surface area contributed by atoms with Gasteiger partial charge in [0.05, 0.1) is 18.8 Å². The Labute approximate surface area is 192 Å². The number of esters is 1. The molecule has 5 nitrogen and oxygen atoms in total. The molecule has 28 heavy (non-hydrogen) atoms. The van der Waals surface area contributed by atoms with Gasteiger partial charge in [-0.3, -0.25) is 9.59 Å². The first-order valence-corrected chi connectivity index (χ1v) is 10.5. The summed E-state index contributed by atoms with van der Waals surface area (Å²) in [6, 6.07) is 0. The van der Waals surface area contributed by atoms with Crippen LogP contribution in [-0.4, -0.2) is 70.3 Å². The number of carbonyl (C=O) groups excluding carboxylic acids is 2. The number of ketones is 1. The second kappa shape index (κ2) is 14.7. The molecule has 0 heterocycles. The van der Waals surface area contributed by atoms with Gasteiger partial charge in [-0.1, -0.05) is 51.2 Å². The van der Waals surface area contributed by atoms with Crippen LogP contribution in [-0.2, 0) is 14.3 Å². The number of aliphatic hydroxyl groups excluding tert-OH is 1. The van der Waals surface area contributed by atoms with Crippen molar-refractivity contribution in [2.75, 3.05) is 7.11 Å². The van der Waals surface area contributed by atoms with Gasteiger partial charge >= 0.3 is 35.5 Å². The third-order valence-electron chi connectivity index (χ3n) is 5.59. The minimum atomic E-state index is -0.727. The van der Waals surface area contributed by atoms with Crippen molar-refractivity contribution in [3.05, 3.63) is 12.2 Å². The van der Waals surface area contributed by atoms with Crippen molar-refractivity contribution in [2.45, 2.75) is 96.2 Å². The maximum absolute atomic E-state index is 12.2. The summed E-state index contributed by atoms with van der Waals surface area (Å²) in [6.45, 7) is 3.95. The summed E-state index contributed by atoms with van der Waals surface area (Å²) in [6.07, 6.45) is 11.7. The topological polar surface area (TPSA) is 83.8 Å². The fourth-order valence-electron chi connectivity index (χ4n) is 3.82. The number of hydrogen-bond donors (Lipinski definition) is 2. The fourth-order valence-corrected chi connectivity index (χ4v) is 3.82. The summed E-state index contributed by atoms with van der Waals surface area (Å²) >= 11 is 0. The average molecular weight is 407 g/mol. The van der Waals surface area contributed by atoms with Gasteiger partial charge in [0.2, 0.25) is 0 Å². The van der Waals surface area contributed by atoms with Crippen LogP contribution in [0.2, 0.25) is 0 Å². The van der Waals surface area contributed by atoms with Crippen LogP contribution >= 0.6 is 0 Å². The van der Waals surface area contributed by atoms with E-state index in [0.29, 0.717) is 12.8 Å². The molecule has 1 aliphatic carbocycles. The van der Waals surface area contributed by atoms with Crippen molar-refractivity contribution >= 4 is 41.3 Å². The zero-order chi connectivity index (χ0) is 20.3. The van der Waals surface area contributed by atoms with E-state index in [1.165, 1.54) is 7.11 Å². The normalized spacial score (nSPS) is 24.2. The van der Waals surface area contributed by atoms with E-state index in [4.69, 9.17) is 0 Å². The predicted octanol–water partition coefficient (Wildman–Crippen LogP) is 3.31. The summed E-state index contributed by atoms with van der Waals surface area (Å²) in [5.74, 6) is -0.305. The Hall–Kier alpha value is -0.200. The third-order valence-corrected chi connectivity index (χ3v) is 5.59. The first-order valence-electron chi connectivity index (χ1n) is 10.5. The van der Waals surface area contributed by atoms with E-state index < -0.39 is 11.7 Å². The molecule has 0 saturated heterocycles. The van der Waals surface area contributed by atoms with Gasteiger partial charge in [0.1, 0.15) is 5.78 Å². The quantitative estimate of drug-likeness (QED) is 0.212. The third kappa shape index (κ3) is 10.5. The first kappa shape index (κ1) is 27.8. The molecule has 0 aromatic carbocycles. The molecule has 0 aromatic heterocycles. The minimum absolute atomic E-state index is 0. The van der Waals surface area contributed by atoms with Gasteiger partial charge in [-0.05, 0) is 32.6 Å². The van der Waals surface area contributed by atoms with Crippen LogP contribution in [0.4, 0.5) is 0 Å². The summed E-state index contributed by atoms with van der Waals surface area (Å²) < 4.78 is 4.62. The molecule has 2 N–H and O–H groups in total. The van der Waals surface area contributed by atoms with Crippen molar-refractivity contribution in [3.63, 3.8) is 0 Å². The van der Waals surface area contributed by atoms with E-state index in [2.05, 4.69) is 11.7 Å². The van der Waals surface area contributed by atoms with Crippen LogP contribution < -0.4 is 0 Å². The Kier molecular flexibility index (Phi) is 14.6. The first-order chi connectivity index (χ1) is 12.8. The zero-order valence-electron chi connectivity index (χ0n) is 17.3. The molecule has 4 atom stereocenters. The number of aliphatic hydroxyl groups is 2. The molecule has 158 valence electrons. The van der Waals surface area contributed by atoms with Crippen molar-refractivity contribution in [2.24, 2.45) is 11.8 Å². The van der Waals surface area contributed by atoms with E-state index in [9.17, 15) is 19.8 Å². The summed E-state index contributed by atoms with van der Waals surface area (Å²) in [5, 5.41) is 20.6. The van der Waals surface area contributed by atoms with Crippen LogP contribution in [0.5, 0.6) is 0 Å². The van der Waals surface area contributed by atoms with Crippen LogP contribution in [0.1, 0.15) is 84.5 Å². The summed E-state index contributed by atoms with van der Waals surface area (Å²) in [4.78, 5) is 23.3. The van der Waals surface area contributed by atoms with Gasteiger partial charge in [-0.15, -0.1) is 0 Å². The van der Waals surface area contributed by atoms with Gasteiger partial charge < -0.3 is 14.9 Å². The molecule has 0 radical (unpaired) electrons. The number of hydrogen-bond acceptors (Lipinski definition) is 5. The number of carbonyl (C=O) groups is 2. The van der Waals surface area contributed by atoms with Crippen LogP contribution in [0.25, 0.3) is 0 Å². The molecular weight excluding hydrogens is 367 g/mol. The maximum atomic E-state index is 12.2. The van der Waals surface area contributed by atoms with Crippen molar-refractivity contribution < 1.29 is 24.5 Å². The van der Waals surface area contributed by atoms with Crippen molar-refractivity contribution in [1.82, 2.24) is 0 Å². The molecule has 0 spiro atoms. The molecule has 0 aromatic rings. The van der Waals surface area contributed by atoms with Gasteiger partial charge in [-0.2, -0.15) is 0 Å². The van der Waals surface area contributed by atoms with Crippen molar-refractivity contribution in [1.29, 1.82) is 0 Å². The van der Waals surface area contributed by atoms with Gasteiger partial charge in [0.25, 0.3) is 0 Å². The average Bonchev–Trinajstić information content (AvgIpc) is 2.89. The summed E-state index contributed by atoms with van der Waals surface area (Å²) in [7, 11) is 1.40. The molecule has 1 rings (SSSR count). The fraction of sp³-hybridized carbons (Fsp3) is 0.818. The van der Waals surface area contributed by atoms with Crippen molar-refractivity contribution in [3.8, 4) is 0 Å². The molecule has 1 fully saturated rings. The SMILES string of the molecule is CCCCC(C)(O)C/C=C/[C@H]1[C@H](O)CC(=O)[C@@H]1CCCCCCC(=O)OC.[NaH]. The van der Waals surface area contributed by atoms with Gasteiger partial charge in [0.15, 0.2) is 0 Å². The Morgan fingerprint density at radius 1 is 1.25 bits per heavy atom. The molecular formula is C22H39NaO5. The Morgan fingerprint density at radius 3 is 2.57 bits per heavy atom. The molecule has 0 bridgehead atoms. The van der Waals surface area contributed by atoms with Crippen LogP contribution in [0, 0.1) is 11.8 Å². The Balaban J connectivity index is 0.00000729. The number of rotatable bonds is 13. The monoisotopic (exact) mass is 406 g/mol. The molecule has 1 unspecified atom stereocenters. The van der Waals surface area contributed by atoms with E-state index in [1.54, 1.807) is 0 Å². The molecule has 1 saturated carbocycles. The van der Waals surface area contributed by atoms with Gasteiger partial charge in [-0.25, -0.2) is 0 Å². The van der Waals surface area contributed by atoms with E-state index in [1.807, 2.05) is 19.1 Å². The molecule has 0 aliphatic heterocycles. The van der Waals surface area contributed by atoms with Gasteiger partial charge in [0, 0.05) is 24.7 Å². The Morgan fingerprint density at radius 2 is 1.93 bits per heavy atom. The number of unbranched alkanes of at least 4 members (excludes halogenated alkanes) is 4. The number of ether oxygens (including phenoxy) is 1. The van der Waals surface area contributed by atoms with E-state index in [0.717, 1.165) is 51.4 Å². The zero-order valence-corrected chi connectivity index (χ0v) is 17.3. The van der Waals surface area contributed by atoms with E-state index >= 15 is 0 Å². The molecule has 6 heteroatoms. The predicted molar refractivity (Wildman–Crippen MR) is 113 cm³/mol. The standard InChI is InChI=1S/C22H38O5.Na.H/c1-4-5-14-22(2,26)15-10-12-18-17(19(23)16-20(18)24)11-8-6-7-9-13-21(25)27-3;;/h10,12,17-18,20,24,26H,4-9,11,13-16H2,1-3H3;;/b12-10+;;/t17-,18-,20-,22?;;/m1../s1. The molecule has 0 amide bonds.